The lowest BCUT2D eigenvalue weighted by atomic mass is 10.0. The van der Waals surface area contributed by atoms with Crippen molar-refractivity contribution in [2.45, 2.75) is 37.3 Å². The van der Waals surface area contributed by atoms with Crippen LogP contribution in [0.5, 0.6) is 0 Å². The summed E-state index contributed by atoms with van der Waals surface area (Å²) in [5.74, 6) is 0.108. The Kier molecular flexibility index (Phi) is 6.44. The summed E-state index contributed by atoms with van der Waals surface area (Å²) in [7, 11) is -3.76. The number of hydrogen-bond acceptors (Lipinski definition) is 5. The summed E-state index contributed by atoms with van der Waals surface area (Å²) < 4.78 is 33.3. The molecule has 1 aliphatic heterocycles. The zero-order valence-corrected chi connectivity index (χ0v) is 17.4. The summed E-state index contributed by atoms with van der Waals surface area (Å²) in [4.78, 5) is 12.1. The van der Waals surface area contributed by atoms with E-state index in [0.29, 0.717) is 18.7 Å². The molecule has 0 spiro atoms. The van der Waals surface area contributed by atoms with Crippen molar-refractivity contribution in [2.75, 3.05) is 18.8 Å². The van der Waals surface area contributed by atoms with Gasteiger partial charge in [-0.25, -0.2) is 13.2 Å². The van der Waals surface area contributed by atoms with Gasteiger partial charge < -0.3 is 15.8 Å². The second-order valence-corrected chi connectivity index (χ2v) is 9.61. The third kappa shape index (κ3) is 5.27. The van der Waals surface area contributed by atoms with Gasteiger partial charge in [0.05, 0.1) is 17.5 Å². The van der Waals surface area contributed by atoms with Crippen LogP contribution < -0.4 is 11.1 Å². The van der Waals surface area contributed by atoms with E-state index in [2.05, 4.69) is 5.32 Å². The lowest BCUT2D eigenvalue weighted by Gasteiger charge is -2.28. The number of benzene rings is 2. The SMILES string of the molecule is CC(C)CN(C[C@@H]1OC(=O)NC1Cc1ccccc1)S(=O)(=O)c1ccc(N)cc1. The van der Waals surface area contributed by atoms with Gasteiger partial charge in [0.1, 0.15) is 6.10 Å². The number of nitrogens with two attached hydrogens (primary N) is 1. The zero-order valence-electron chi connectivity index (χ0n) is 16.6. The molecule has 0 aromatic heterocycles. The molecule has 29 heavy (non-hydrogen) atoms. The number of ether oxygens (including phenoxy) is 1. The number of anilines is 1. The number of hydrogen-bond donors (Lipinski definition) is 2. The van der Waals surface area contributed by atoms with Crippen molar-refractivity contribution in [3.63, 3.8) is 0 Å². The number of alkyl carbamates (subject to hydrolysis) is 1. The number of nitrogen functional groups attached to an aromatic ring is 1. The van der Waals surface area contributed by atoms with E-state index in [9.17, 15) is 13.2 Å². The normalized spacial score (nSPS) is 19.4. The van der Waals surface area contributed by atoms with Crippen LogP contribution in [-0.4, -0.2) is 44.1 Å². The Morgan fingerprint density at radius 1 is 1.10 bits per heavy atom. The van der Waals surface area contributed by atoms with Gasteiger partial charge in [-0.15, -0.1) is 0 Å². The third-order valence-corrected chi connectivity index (χ3v) is 6.62. The van der Waals surface area contributed by atoms with Crippen molar-refractivity contribution < 1.29 is 17.9 Å². The first-order chi connectivity index (χ1) is 13.8. The first kappa shape index (κ1) is 21.1. The number of cyclic esters (lactones) is 1. The molecule has 0 saturated carbocycles. The van der Waals surface area contributed by atoms with Crippen molar-refractivity contribution in [3.8, 4) is 0 Å². The molecule has 0 bridgehead atoms. The highest BCUT2D eigenvalue weighted by Crippen LogP contribution is 2.22. The molecule has 7 nitrogen and oxygen atoms in total. The summed E-state index contributed by atoms with van der Waals surface area (Å²) in [5, 5.41) is 2.81. The number of nitrogens with one attached hydrogen (secondary N) is 1. The van der Waals surface area contributed by atoms with Crippen LogP contribution in [0, 0.1) is 5.92 Å². The average molecular weight is 418 g/mol. The number of amides is 1. The first-order valence-electron chi connectivity index (χ1n) is 9.62. The summed E-state index contributed by atoms with van der Waals surface area (Å²) in [5.41, 5.74) is 7.23. The van der Waals surface area contributed by atoms with Crippen LogP contribution in [0.25, 0.3) is 0 Å². The fraction of sp³-hybridized carbons (Fsp3) is 0.381. The number of sulfonamides is 1. The highest BCUT2D eigenvalue weighted by molar-refractivity contribution is 7.89. The van der Waals surface area contributed by atoms with Crippen molar-refractivity contribution in [2.24, 2.45) is 5.92 Å². The zero-order chi connectivity index (χ0) is 21.0. The molecule has 8 heteroatoms. The Morgan fingerprint density at radius 3 is 2.38 bits per heavy atom. The van der Waals surface area contributed by atoms with Gasteiger partial charge in [0.15, 0.2) is 0 Å². The molecule has 1 amide bonds. The minimum absolute atomic E-state index is 0.0845. The van der Waals surface area contributed by atoms with E-state index in [4.69, 9.17) is 10.5 Å². The van der Waals surface area contributed by atoms with Gasteiger partial charge in [-0.2, -0.15) is 4.31 Å². The predicted octanol–water partition coefficient (Wildman–Crippen LogP) is 2.64. The lowest BCUT2D eigenvalue weighted by molar-refractivity contribution is 0.114. The molecule has 1 heterocycles. The number of nitrogens with zero attached hydrogens (tertiary/aromatic N) is 1. The van der Waals surface area contributed by atoms with Crippen LogP contribution in [-0.2, 0) is 21.2 Å². The molecule has 2 aromatic carbocycles. The van der Waals surface area contributed by atoms with Crippen molar-refractivity contribution in [3.05, 3.63) is 60.2 Å². The fourth-order valence-corrected chi connectivity index (χ4v) is 5.00. The third-order valence-electron chi connectivity index (χ3n) is 4.78. The molecule has 2 atom stereocenters. The van der Waals surface area contributed by atoms with Crippen molar-refractivity contribution in [1.29, 1.82) is 0 Å². The summed E-state index contributed by atoms with van der Waals surface area (Å²) in [6.07, 6.45) is -0.537. The Morgan fingerprint density at radius 2 is 1.76 bits per heavy atom. The predicted molar refractivity (Wildman–Crippen MR) is 112 cm³/mol. The van der Waals surface area contributed by atoms with E-state index in [1.165, 1.54) is 16.4 Å². The second kappa shape index (κ2) is 8.84. The van der Waals surface area contributed by atoms with Crippen LogP contribution in [0.2, 0.25) is 0 Å². The number of carbonyl (C=O) groups is 1. The van der Waals surface area contributed by atoms with Gasteiger partial charge in [-0.1, -0.05) is 44.2 Å². The summed E-state index contributed by atoms with van der Waals surface area (Å²) >= 11 is 0. The van der Waals surface area contributed by atoms with Crippen LogP contribution in [0.15, 0.2) is 59.5 Å². The van der Waals surface area contributed by atoms with Gasteiger partial charge in [-0.05, 0) is 42.2 Å². The molecule has 3 N–H and O–H groups in total. The molecular formula is C21H27N3O4S. The Bertz CT molecular complexity index is 930. The van der Waals surface area contributed by atoms with E-state index in [0.717, 1.165) is 5.56 Å². The van der Waals surface area contributed by atoms with Gasteiger partial charge in [0.25, 0.3) is 0 Å². The summed E-state index contributed by atoms with van der Waals surface area (Å²) in [6.45, 7) is 4.30. The number of carbonyl (C=O) groups excluding carboxylic acids is 1. The average Bonchev–Trinajstić information content (AvgIpc) is 3.01. The molecule has 1 aliphatic rings. The summed E-state index contributed by atoms with van der Waals surface area (Å²) in [6, 6.07) is 15.5. The minimum Gasteiger partial charge on any atom is -0.443 e. The van der Waals surface area contributed by atoms with E-state index in [1.54, 1.807) is 12.1 Å². The molecule has 0 radical (unpaired) electrons. The van der Waals surface area contributed by atoms with E-state index < -0.39 is 22.2 Å². The lowest BCUT2D eigenvalue weighted by Crippen LogP contribution is -2.45. The fourth-order valence-electron chi connectivity index (χ4n) is 3.38. The second-order valence-electron chi connectivity index (χ2n) is 7.67. The molecule has 1 unspecified atom stereocenters. The molecule has 1 saturated heterocycles. The molecule has 156 valence electrons. The van der Waals surface area contributed by atoms with Gasteiger partial charge in [-0.3, -0.25) is 0 Å². The highest BCUT2D eigenvalue weighted by atomic mass is 32.2. The van der Waals surface area contributed by atoms with Crippen LogP contribution >= 0.6 is 0 Å². The van der Waals surface area contributed by atoms with Crippen LogP contribution in [0.3, 0.4) is 0 Å². The van der Waals surface area contributed by atoms with Crippen molar-refractivity contribution in [1.82, 2.24) is 9.62 Å². The number of rotatable bonds is 8. The Labute approximate surface area is 171 Å². The molecule has 1 fully saturated rings. The topological polar surface area (TPSA) is 102 Å². The van der Waals surface area contributed by atoms with Crippen LogP contribution in [0.4, 0.5) is 10.5 Å². The monoisotopic (exact) mass is 417 g/mol. The Hall–Kier alpha value is -2.58. The maximum atomic E-state index is 13.2. The van der Waals surface area contributed by atoms with E-state index >= 15 is 0 Å². The van der Waals surface area contributed by atoms with Gasteiger partial charge >= 0.3 is 6.09 Å². The quantitative estimate of drug-likeness (QED) is 0.643. The highest BCUT2D eigenvalue weighted by Gasteiger charge is 2.38. The maximum Gasteiger partial charge on any atom is 0.407 e. The molecule has 3 rings (SSSR count). The molecular weight excluding hydrogens is 390 g/mol. The van der Waals surface area contributed by atoms with E-state index in [1.807, 2.05) is 44.2 Å². The molecule has 0 aliphatic carbocycles. The maximum absolute atomic E-state index is 13.2. The standard InChI is InChI=1S/C21H27N3O4S/c1-15(2)13-24(29(26,27)18-10-8-17(22)9-11-18)14-20-19(23-21(25)28-20)12-16-6-4-3-5-7-16/h3-11,15,19-20H,12-14,22H2,1-2H3,(H,23,25)/t19?,20-/m0/s1. The minimum atomic E-state index is -3.76. The first-order valence-corrected chi connectivity index (χ1v) is 11.1. The smallest absolute Gasteiger partial charge is 0.407 e. The molecule has 2 aromatic rings. The van der Waals surface area contributed by atoms with E-state index in [-0.39, 0.29) is 23.4 Å². The van der Waals surface area contributed by atoms with Gasteiger partial charge in [0.2, 0.25) is 10.0 Å². The van der Waals surface area contributed by atoms with Gasteiger partial charge in [0, 0.05) is 12.2 Å². The van der Waals surface area contributed by atoms with Crippen LogP contribution in [0.1, 0.15) is 19.4 Å². The van der Waals surface area contributed by atoms with Crippen molar-refractivity contribution >= 4 is 21.8 Å². The Balaban J connectivity index is 1.83. The largest absolute Gasteiger partial charge is 0.443 e.